The standard InChI is InChI=1S/C13H18O3/c1-8-4-9(2)12(10(3)5-8)6-11(14)7-13(15)16/h4-5,11,14H,6-7H2,1-3H3,(H,15,16)/t11-/m1/s1. The summed E-state index contributed by atoms with van der Waals surface area (Å²) in [5.74, 6) is -0.963. The highest BCUT2D eigenvalue weighted by Crippen LogP contribution is 2.18. The molecule has 3 nitrogen and oxygen atoms in total. The van der Waals surface area contributed by atoms with Gasteiger partial charge in [0, 0.05) is 0 Å². The lowest BCUT2D eigenvalue weighted by Gasteiger charge is -2.14. The van der Waals surface area contributed by atoms with E-state index >= 15 is 0 Å². The van der Waals surface area contributed by atoms with Gasteiger partial charge in [0.25, 0.3) is 0 Å². The van der Waals surface area contributed by atoms with Gasteiger partial charge in [0.15, 0.2) is 0 Å². The first kappa shape index (κ1) is 12.7. The smallest absolute Gasteiger partial charge is 0.305 e. The summed E-state index contributed by atoms with van der Waals surface area (Å²) in [5, 5.41) is 18.2. The molecule has 3 heteroatoms. The van der Waals surface area contributed by atoms with Crippen LogP contribution in [-0.2, 0) is 11.2 Å². The van der Waals surface area contributed by atoms with Gasteiger partial charge in [-0.1, -0.05) is 17.7 Å². The van der Waals surface area contributed by atoms with Crippen molar-refractivity contribution < 1.29 is 15.0 Å². The molecule has 2 N–H and O–H groups in total. The fourth-order valence-corrected chi connectivity index (χ4v) is 2.04. The Balaban J connectivity index is 2.85. The molecule has 1 rings (SSSR count). The highest BCUT2D eigenvalue weighted by molar-refractivity contribution is 5.67. The predicted molar refractivity (Wildman–Crippen MR) is 62.6 cm³/mol. The summed E-state index contributed by atoms with van der Waals surface area (Å²) in [5.41, 5.74) is 4.47. The Labute approximate surface area is 95.7 Å². The minimum absolute atomic E-state index is 0.202. The zero-order chi connectivity index (χ0) is 12.3. The SMILES string of the molecule is Cc1cc(C)c(C[C@@H](O)CC(=O)O)c(C)c1. The fraction of sp³-hybridized carbons (Fsp3) is 0.462. The molecule has 0 aliphatic heterocycles. The Morgan fingerprint density at radius 2 is 1.75 bits per heavy atom. The molecule has 16 heavy (non-hydrogen) atoms. The summed E-state index contributed by atoms with van der Waals surface area (Å²) in [6.07, 6.45) is -0.602. The van der Waals surface area contributed by atoms with Crippen molar-refractivity contribution in [1.82, 2.24) is 0 Å². The number of carboxylic acids is 1. The Morgan fingerprint density at radius 3 is 2.19 bits per heavy atom. The molecule has 0 aliphatic carbocycles. The number of aliphatic hydroxyl groups excluding tert-OH is 1. The van der Waals surface area contributed by atoms with Gasteiger partial charge >= 0.3 is 5.97 Å². The van der Waals surface area contributed by atoms with Crippen LogP contribution < -0.4 is 0 Å². The molecule has 0 amide bonds. The molecule has 0 radical (unpaired) electrons. The quantitative estimate of drug-likeness (QED) is 0.819. The maximum atomic E-state index is 10.5. The van der Waals surface area contributed by atoms with Crippen LogP contribution in [0.25, 0.3) is 0 Å². The van der Waals surface area contributed by atoms with Gasteiger partial charge < -0.3 is 10.2 Å². The molecule has 1 aromatic rings. The first-order chi connectivity index (χ1) is 7.40. The first-order valence-electron chi connectivity index (χ1n) is 5.36. The van der Waals surface area contributed by atoms with Gasteiger partial charge in [0.05, 0.1) is 12.5 Å². The zero-order valence-corrected chi connectivity index (χ0v) is 9.95. The number of aryl methyl sites for hydroxylation is 3. The third kappa shape index (κ3) is 3.35. The van der Waals surface area contributed by atoms with Crippen LogP contribution in [0.4, 0.5) is 0 Å². The summed E-state index contributed by atoms with van der Waals surface area (Å²) in [6.45, 7) is 6.00. The van der Waals surface area contributed by atoms with Gasteiger partial charge in [-0.15, -0.1) is 0 Å². The van der Waals surface area contributed by atoms with Gasteiger partial charge in [-0.25, -0.2) is 0 Å². The summed E-state index contributed by atoms with van der Waals surface area (Å²) >= 11 is 0. The Bertz CT molecular complexity index is 373. The Kier molecular flexibility index (Phi) is 4.07. The molecular formula is C13H18O3. The number of carbonyl (C=O) groups is 1. The molecule has 88 valence electrons. The molecule has 0 heterocycles. The topological polar surface area (TPSA) is 57.5 Å². The molecule has 0 aliphatic rings. The summed E-state index contributed by atoms with van der Waals surface area (Å²) < 4.78 is 0. The number of aliphatic carboxylic acids is 1. The number of aliphatic hydroxyl groups is 1. The lowest BCUT2D eigenvalue weighted by Crippen LogP contribution is -2.17. The van der Waals surface area contributed by atoms with E-state index in [9.17, 15) is 9.90 Å². The molecule has 0 unspecified atom stereocenters. The number of benzene rings is 1. The lowest BCUT2D eigenvalue weighted by atomic mass is 9.94. The molecule has 0 bridgehead atoms. The number of hydrogen-bond donors (Lipinski definition) is 2. The van der Waals surface area contributed by atoms with Crippen LogP contribution in [0.15, 0.2) is 12.1 Å². The van der Waals surface area contributed by atoms with Crippen LogP contribution >= 0.6 is 0 Å². The molecule has 0 spiro atoms. The van der Waals surface area contributed by atoms with Crippen LogP contribution in [0.3, 0.4) is 0 Å². The van der Waals surface area contributed by atoms with E-state index in [-0.39, 0.29) is 6.42 Å². The number of carboxylic acid groups (broad SMARTS) is 1. The van der Waals surface area contributed by atoms with E-state index in [1.807, 2.05) is 20.8 Å². The summed E-state index contributed by atoms with van der Waals surface area (Å²) in [6, 6.07) is 4.10. The van der Waals surface area contributed by atoms with Gasteiger partial charge in [0.1, 0.15) is 0 Å². The molecule has 1 atom stereocenters. The summed E-state index contributed by atoms with van der Waals surface area (Å²) in [7, 11) is 0. The van der Waals surface area contributed by atoms with Crippen LogP contribution in [0.1, 0.15) is 28.7 Å². The minimum Gasteiger partial charge on any atom is -0.481 e. The van der Waals surface area contributed by atoms with E-state index in [1.54, 1.807) is 0 Å². The summed E-state index contributed by atoms with van der Waals surface area (Å²) in [4.78, 5) is 10.5. The van der Waals surface area contributed by atoms with E-state index in [1.165, 1.54) is 5.56 Å². The monoisotopic (exact) mass is 222 g/mol. The van der Waals surface area contributed by atoms with Crippen molar-refractivity contribution in [2.24, 2.45) is 0 Å². The minimum atomic E-state index is -0.963. The maximum absolute atomic E-state index is 10.5. The number of rotatable bonds is 4. The molecule has 0 fully saturated rings. The third-order valence-corrected chi connectivity index (χ3v) is 2.69. The largest absolute Gasteiger partial charge is 0.481 e. The van der Waals surface area contributed by atoms with Gasteiger partial charge in [-0.2, -0.15) is 0 Å². The van der Waals surface area contributed by atoms with E-state index < -0.39 is 12.1 Å². The molecule has 0 saturated heterocycles. The van der Waals surface area contributed by atoms with E-state index in [4.69, 9.17) is 5.11 Å². The van der Waals surface area contributed by atoms with Crippen LogP contribution in [0.2, 0.25) is 0 Å². The van der Waals surface area contributed by atoms with Gasteiger partial charge in [-0.3, -0.25) is 4.79 Å². The van der Waals surface area contributed by atoms with Crippen molar-refractivity contribution in [3.8, 4) is 0 Å². The first-order valence-corrected chi connectivity index (χ1v) is 5.36. The maximum Gasteiger partial charge on any atom is 0.305 e. The van der Waals surface area contributed by atoms with Gasteiger partial charge in [-0.05, 0) is 43.9 Å². The van der Waals surface area contributed by atoms with Crippen molar-refractivity contribution in [2.45, 2.75) is 39.7 Å². The normalized spacial score (nSPS) is 12.5. The van der Waals surface area contributed by atoms with Crippen molar-refractivity contribution in [3.05, 3.63) is 34.4 Å². The molecule has 0 saturated carbocycles. The second-order valence-corrected chi connectivity index (χ2v) is 4.33. The average Bonchev–Trinajstić information content (AvgIpc) is 2.09. The van der Waals surface area contributed by atoms with Crippen LogP contribution in [-0.4, -0.2) is 22.3 Å². The average molecular weight is 222 g/mol. The Hall–Kier alpha value is -1.35. The number of hydrogen-bond acceptors (Lipinski definition) is 2. The van der Waals surface area contributed by atoms with Gasteiger partial charge in [0.2, 0.25) is 0 Å². The Morgan fingerprint density at radius 1 is 1.25 bits per heavy atom. The van der Waals surface area contributed by atoms with Crippen LogP contribution in [0.5, 0.6) is 0 Å². The highest BCUT2D eigenvalue weighted by Gasteiger charge is 2.13. The van der Waals surface area contributed by atoms with Crippen molar-refractivity contribution in [1.29, 1.82) is 0 Å². The lowest BCUT2D eigenvalue weighted by molar-refractivity contribution is -0.139. The van der Waals surface area contributed by atoms with Crippen molar-refractivity contribution in [2.75, 3.05) is 0 Å². The van der Waals surface area contributed by atoms with E-state index in [0.717, 1.165) is 16.7 Å². The predicted octanol–water partition coefficient (Wildman–Crippen LogP) is 1.99. The van der Waals surface area contributed by atoms with Crippen molar-refractivity contribution >= 4 is 5.97 Å². The second kappa shape index (κ2) is 5.12. The highest BCUT2D eigenvalue weighted by atomic mass is 16.4. The van der Waals surface area contributed by atoms with Crippen molar-refractivity contribution in [3.63, 3.8) is 0 Å². The molecular weight excluding hydrogens is 204 g/mol. The van der Waals surface area contributed by atoms with E-state index in [0.29, 0.717) is 6.42 Å². The molecule has 1 aromatic carbocycles. The van der Waals surface area contributed by atoms with E-state index in [2.05, 4.69) is 12.1 Å². The fourth-order valence-electron chi connectivity index (χ4n) is 2.04. The zero-order valence-electron chi connectivity index (χ0n) is 9.95. The van der Waals surface area contributed by atoms with Crippen LogP contribution in [0, 0.1) is 20.8 Å². The molecule has 0 aromatic heterocycles. The third-order valence-electron chi connectivity index (χ3n) is 2.69. The second-order valence-electron chi connectivity index (χ2n) is 4.33.